The molecule has 31 heavy (non-hydrogen) atoms. The maximum atomic E-state index is 12.6. The van der Waals surface area contributed by atoms with Gasteiger partial charge in [0, 0.05) is 18.4 Å². The highest BCUT2D eigenvalue weighted by atomic mass is 16.3. The largest absolute Gasteiger partial charge is 0.394 e. The van der Waals surface area contributed by atoms with Gasteiger partial charge in [0.25, 0.3) is 0 Å². The van der Waals surface area contributed by atoms with Gasteiger partial charge in [-0.3, -0.25) is 9.59 Å². The summed E-state index contributed by atoms with van der Waals surface area (Å²) in [4.78, 5) is 25.8. The highest BCUT2D eigenvalue weighted by molar-refractivity contribution is 5.88. The summed E-state index contributed by atoms with van der Waals surface area (Å²) in [5.74, 6) is 2.53. The molecule has 2 spiro atoms. The first-order chi connectivity index (χ1) is 13.6. The van der Waals surface area contributed by atoms with Crippen molar-refractivity contribution in [1.82, 2.24) is 10.2 Å². The van der Waals surface area contributed by atoms with Gasteiger partial charge in [-0.15, -0.1) is 0 Å². The summed E-state index contributed by atoms with van der Waals surface area (Å²) in [6.07, 6.45) is 5.09. The van der Waals surface area contributed by atoms with Gasteiger partial charge in [-0.1, -0.05) is 42.5 Å². The van der Waals surface area contributed by atoms with Crippen molar-refractivity contribution in [2.75, 3.05) is 19.8 Å². The van der Waals surface area contributed by atoms with E-state index in [1.807, 2.05) is 11.8 Å². The maximum absolute atomic E-state index is 12.6. The fourth-order valence-corrected chi connectivity index (χ4v) is 6.92. The van der Waals surface area contributed by atoms with E-state index in [-0.39, 0.29) is 69.2 Å². The van der Waals surface area contributed by atoms with Crippen LogP contribution in [0.5, 0.6) is 0 Å². The zero-order chi connectivity index (χ0) is 20.9. The Morgan fingerprint density at radius 1 is 1.10 bits per heavy atom. The Morgan fingerprint density at radius 3 is 2.10 bits per heavy atom. The first-order valence-electron chi connectivity index (χ1n) is 11.4. The molecule has 2 unspecified atom stereocenters. The Hall–Kier alpha value is -1.14. The van der Waals surface area contributed by atoms with E-state index in [0.717, 1.165) is 6.54 Å². The molecule has 6 fully saturated rings. The molecule has 7 atom stereocenters. The monoisotopic (exact) mass is 436 g/mol. The second kappa shape index (κ2) is 7.44. The Bertz CT molecular complexity index is 736. The maximum Gasteiger partial charge on any atom is 0.226 e. The van der Waals surface area contributed by atoms with Gasteiger partial charge in [0.1, 0.15) is 0 Å². The molecule has 3 N–H and O–H groups in total. The number of amides is 2. The van der Waals surface area contributed by atoms with Crippen molar-refractivity contribution in [3.05, 3.63) is 0 Å². The van der Waals surface area contributed by atoms with Crippen LogP contribution in [0.25, 0.3) is 0 Å². The van der Waals surface area contributed by atoms with Crippen molar-refractivity contribution in [2.45, 2.75) is 80.3 Å². The second-order valence-electron chi connectivity index (χ2n) is 11.7. The highest BCUT2D eigenvalue weighted by Gasteiger charge is 2.79. The molecular formula is C25H44N2O4. The number of rotatable bonds is 3. The number of piperidine rings is 2. The van der Waals surface area contributed by atoms with Crippen LogP contribution in [0.1, 0.15) is 68.2 Å². The number of aliphatic hydroxyl groups excluding tert-OH is 2. The zero-order valence-corrected chi connectivity index (χ0v) is 18.1. The van der Waals surface area contributed by atoms with Crippen LogP contribution >= 0.6 is 0 Å². The Labute approximate surface area is 188 Å². The van der Waals surface area contributed by atoms with Crippen LogP contribution < -0.4 is 5.32 Å². The molecule has 4 saturated carbocycles. The first-order valence-corrected chi connectivity index (χ1v) is 11.4. The molecule has 4 aliphatic carbocycles. The minimum Gasteiger partial charge on any atom is -0.394 e. The smallest absolute Gasteiger partial charge is 0.226 e. The summed E-state index contributed by atoms with van der Waals surface area (Å²) in [6.45, 7) is 9.52. The molecule has 2 saturated heterocycles. The van der Waals surface area contributed by atoms with E-state index in [9.17, 15) is 14.7 Å². The van der Waals surface area contributed by atoms with E-state index < -0.39 is 0 Å². The number of nitrogens with zero attached hydrogens (tertiary/aromatic N) is 1. The number of aliphatic hydroxyl groups is 2. The van der Waals surface area contributed by atoms with E-state index in [2.05, 4.69) is 26.1 Å². The van der Waals surface area contributed by atoms with Crippen LogP contribution in [-0.4, -0.2) is 58.8 Å². The van der Waals surface area contributed by atoms with Gasteiger partial charge >= 0.3 is 0 Å². The van der Waals surface area contributed by atoms with Crippen LogP contribution in [-0.2, 0) is 9.59 Å². The fourth-order valence-electron chi connectivity index (χ4n) is 6.92. The van der Waals surface area contributed by atoms with Gasteiger partial charge in [-0.2, -0.15) is 0 Å². The van der Waals surface area contributed by atoms with Crippen molar-refractivity contribution < 1.29 is 19.8 Å². The summed E-state index contributed by atoms with van der Waals surface area (Å²) in [7, 11) is 0. The second-order valence-corrected chi connectivity index (χ2v) is 11.7. The zero-order valence-electron chi connectivity index (χ0n) is 18.1. The third-order valence-electron chi connectivity index (χ3n) is 9.50. The summed E-state index contributed by atoms with van der Waals surface area (Å²) in [5, 5.41) is 21.4. The van der Waals surface area contributed by atoms with Crippen molar-refractivity contribution in [3.63, 3.8) is 0 Å². The number of hydrogen-bond donors (Lipinski definition) is 3. The predicted octanol–water partition coefficient (Wildman–Crippen LogP) is 2.67. The molecule has 6 heteroatoms. The molecule has 0 aromatic carbocycles. The van der Waals surface area contributed by atoms with Crippen molar-refractivity contribution in [3.8, 4) is 0 Å². The molecule has 2 heterocycles. The van der Waals surface area contributed by atoms with Gasteiger partial charge in [0.2, 0.25) is 11.8 Å². The van der Waals surface area contributed by atoms with Crippen LogP contribution in [0.4, 0.5) is 0 Å². The number of carbonyl (C=O) groups is 2. The van der Waals surface area contributed by atoms with E-state index >= 15 is 0 Å². The summed E-state index contributed by atoms with van der Waals surface area (Å²) >= 11 is 0. The van der Waals surface area contributed by atoms with Crippen molar-refractivity contribution >= 4 is 11.8 Å². The van der Waals surface area contributed by atoms with Gasteiger partial charge in [-0.05, 0) is 59.7 Å². The van der Waals surface area contributed by atoms with Crippen molar-refractivity contribution in [2.24, 2.45) is 45.8 Å². The first kappa shape index (κ1) is 24.5. The van der Waals surface area contributed by atoms with E-state index in [1.165, 1.54) is 25.7 Å². The normalized spacial score (nSPS) is 39.2. The molecular weight excluding hydrogens is 392 g/mol. The lowest BCUT2D eigenvalue weighted by Crippen LogP contribution is -2.46. The predicted molar refractivity (Wildman–Crippen MR) is 121 cm³/mol. The molecule has 6 rings (SSSR count). The van der Waals surface area contributed by atoms with Crippen LogP contribution in [0, 0.1) is 45.8 Å². The highest BCUT2D eigenvalue weighted by Crippen LogP contribution is 2.79. The number of likely N-dealkylation sites (tertiary alicyclic amines) is 1. The number of fused-ring (bicyclic) bond motifs is 6. The van der Waals surface area contributed by atoms with E-state index in [1.54, 1.807) is 0 Å². The Morgan fingerprint density at radius 2 is 1.68 bits per heavy atom. The standard InChI is InChI=1S/C15H25NO2.C8H11NO2.2CH4/c1-9(14(2,3)4)13(18)16-7-10-12(11(16)8-17)15(10)5-6-15;10-3-4-5-6(7(11)9-4)8(5)1-2-8;;/h9-12,17H,5-8H2,1-4H3;4-6,10H,1-3H2,(H,9,11);2*1H4/t9-,10?,11-,12+;4-,5-,6?;;/m11../s1. The number of nitrogens with one attached hydrogen (secondary N) is 1. The molecule has 2 amide bonds. The van der Waals surface area contributed by atoms with Gasteiger partial charge < -0.3 is 20.4 Å². The summed E-state index contributed by atoms with van der Waals surface area (Å²) in [5.41, 5.74) is 0.950. The minimum atomic E-state index is 0. The van der Waals surface area contributed by atoms with Gasteiger partial charge in [-0.25, -0.2) is 0 Å². The average Bonchev–Trinajstić information content (AvgIpc) is 3.64. The molecule has 0 aromatic heterocycles. The lowest BCUT2D eigenvalue weighted by molar-refractivity contribution is -0.141. The molecule has 0 radical (unpaired) electrons. The van der Waals surface area contributed by atoms with Crippen molar-refractivity contribution in [1.29, 1.82) is 0 Å². The number of hydrogen-bond acceptors (Lipinski definition) is 4. The van der Waals surface area contributed by atoms with Crippen LogP contribution in [0.3, 0.4) is 0 Å². The van der Waals surface area contributed by atoms with E-state index in [0.29, 0.717) is 28.6 Å². The summed E-state index contributed by atoms with van der Waals surface area (Å²) < 4.78 is 0. The minimum absolute atomic E-state index is 0. The van der Waals surface area contributed by atoms with Crippen LogP contribution in [0.15, 0.2) is 0 Å². The molecule has 0 aromatic rings. The molecule has 6 aliphatic rings. The molecule has 178 valence electrons. The topological polar surface area (TPSA) is 89.9 Å². The summed E-state index contributed by atoms with van der Waals surface area (Å²) in [6, 6.07) is 0.185. The van der Waals surface area contributed by atoms with Gasteiger partial charge in [0.15, 0.2) is 0 Å². The number of carbonyl (C=O) groups excluding carboxylic acids is 2. The Balaban J connectivity index is 0.000000181. The molecule has 2 aliphatic heterocycles. The fraction of sp³-hybridized carbons (Fsp3) is 0.920. The lowest BCUT2D eigenvalue weighted by atomic mass is 9.81. The third kappa shape index (κ3) is 3.35. The third-order valence-corrected chi connectivity index (χ3v) is 9.50. The molecule has 0 bridgehead atoms. The van der Waals surface area contributed by atoms with E-state index in [4.69, 9.17) is 5.11 Å². The lowest BCUT2D eigenvalue weighted by Gasteiger charge is -2.35. The molecule has 6 nitrogen and oxygen atoms in total. The average molecular weight is 437 g/mol. The SMILES string of the molecule is C.C.C[C@H](C(=O)N1CC2[C@@H]([C@H]1CO)C21CC1)C(C)(C)C.O=C1N[C@H](CO)[C@@H]2C1C21CC1. The quantitative estimate of drug-likeness (QED) is 0.634. The van der Waals surface area contributed by atoms with Gasteiger partial charge in [0.05, 0.1) is 25.3 Å². The van der Waals surface area contributed by atoms with Crippen LogP contribution in [0.2, 0.25) is 0 Å². The Kier molecular flexibility index (Phi) is 5.88.